The van der Waals surface area contributed by atoms with Gasteiger partial charge in [0.25, 0.3) is 0 Å². The summed E-state index contributed by atoms with van der Waals surface area (Å²) < 4.78 is 39.3. The van der Waals surface area contributed by atoms with Crippen molar-refractivity contribution in [2.75, 3.05) is 6.61 Å². The van der Waals surface area contributed by atoms with Crippen molar-refractivity contribution >= 4 is 0 Å². The summed E-state index contributed by atoms with van der Waals surface area (Å²) in [5, 5.41) is 9.07. The fraction of sp³-hybridized carbons (Fsp3) is 0.455. The zero-order chi connectivity index (χ0) is 12.5. The number of aliphatic hydroxyl groups is 1. The monoisotopic (exact) mass is 233 g/mol. The Bertz CT molecular complexity index is 393. The molecule has 0 unspecified atom stereocenters. The summed E-state index contributed by atoms with van der Waals surface area (Å²) in [6.07, 6.45) is 0. The highest BCUT2D eigenvalue weighted by molar-refractivity contribution is 5.25. The van der Waals surface area contributed by atoms with Crippen LogP contribution in [0.15, 0.2) is 12.1 Å². The third kappa shape index (κ3) is 2.36. The van der Waals surface area contributed by atoms with Gasteiger partial charge in [-0.3, -0.25) is 0 Å². The number of aliphatic hydroxyl groups excluding tert-OH is 1. The van der Waals surface area contributed by atoms with Crippen LogP contribution in [0, 0.1) is 22.9 Å². The van der Waals surface area contributed by atoms with Crippen LogP contribution in [-0.4, -0.2) is 11.7 Å². The van der Waals surface area contributed by atoms with Gasteiger partial charge in [0.15, 0.2) is 11.6 Å². The molecule has 0 spiro atoms. The predicted octanol–water partition coefficient (Wildman–Crippen LogP) is 2.12. The van der Waals surface area contributed by atoms with Crippen molar-refractivity contribution in [2.24, 2.45) is 11.1 Å². The first-order chi connectivity index (χ1) is 7.29. The molecule has 0 aliphatic carbocycles. The van der Waals surface area contributed by atoms with Crippen LogP contribution in [0.4, 0.5) is 13.2 Å². The highest BCUT2D eigenvalue weighted by Crippen LogP contribution is 2.33. The molecule has 2 nitrogen and oxygen atoms in total. The summed E-state index contributed by atoms with van der Waals surface area (Å²) in [6, 6.07) is 0.320. The Morgan fingerprint density at radius 3 is 2.38 bits per heavy atom. The van der Waals surface area contributed by atoms with Crippen LogP contribution in [-0.2, 0) is 0 Å². The largest absolute Gasteiger partial charge is 0.396 e. The van der Waals surface area contributed by atoms with Crippen LogP contribution < -0.4 is 5.73 Å². The second-order valence-electron chi connectivity index (χ2n) is 4.42. The van der Waals surface area contributed by atoms with Crippen molar-refractivity contribution in [3.8, 4) is 0 Å². The molecule has 0 aliphatic heterocycles. The maximum atomic E-state index is 13.4. The molecule has 1 aromatic carbocycles. The smallest absolute Gasteiger partial charge is 0.163 e. The van der Waals surface area contributed by atoms with Crippen molar-refractivity contribution in [1.29, 1.82) is 0 Å². The molecule has 0 fully saturated rings. The van der Waals surface area contributed by atoms with Crippen LogP contribution in [0.5, 0.6) is 0 Å². The van der Waals surface area contributed by atoms with Gasteiger partial charge in [0.1, 0.15) is 5.82 Å². The van der Waals surface area contributed by atoms with Gasteiger partial charge < -0.3 is 10.8 Å². The van der Waals surface area contributed by atoms with Crippen molar-refractivity contribution in [3.63, 3.8) is 0 Å². The van der Waals surface area contributed by atoms with Gasteiger partial charge >= 0.3 is 0 Å². The first-order valence-corrected chi connectivity index (χ1v) is 4.80. The van der Waals surface area contributed by atoms with Gasteiger partial charge in [0.05, 0.1) is 0 Å². The Balaban J connectivity index is 3.23. The summed E-state index contributed by atoms with van der Waals surface area (Å²) in [5.41, 5.74) is 4.56. The lowest BCUT2D eigenvalue weighted by molar-refractivity contribution is 0.130. The third-order valence-corrected chi connectivity index (χ3v) is 2.61. The standard InChI is InChI=1S/C11H14F3NO/c1-11(2,5-16)10(15)7-3-6(12)4-8(13)9(7)14/h3-4,10,16H,5,15H2,1-2H3/t10-/m0/s1. The van der Waals surface area contributed by atoms with Crippen molar-refractivity contribution in [3.05, 3.63) is 35.1 Å². The number of hydrogen-bond donors (Lipinski definition) is 2. The second kappa shape index (κ2) is 4.43. The van der Waals surface area contributed by atoms with E-state index in [2.05, 4.69) is 0 Å². The van der Waals surface area contributed by atoms with Gasteiger partial charge in [0.2, 0.25) is 0 Å². The summed E-state index contributed by atoms with van der Waals surface area (Å²) in [4.78, 5) is 0. The Hall–Kier alpha value is -1.07. The van der Waals surface area contributed by atoms with Crippen LogP contribution in [0.1, 0.15) is 25.5 Å². The number of hydrogen-bond acceptors (Lipinski definition) is 2. The second-order valence-corrected chi connectivity index (χ2v) is 4.42. The summed E-state index contributed by atoms with van der Waals surface area (Å²) in [5.74, 6) is -3.34. The molecule has 1 rings (SSSR count). The van der Waals surface area contributed by atoms with Gasteiger partial charge in [-0.15, -0.1) is 0 Å². The normalized spacial score (nSPS) is 13.9. The average Bonchev–Trinajstić information content (AvgIpc) is 2.22. The zero-order valence-electron chi connectivity index (χ0n) is 9.10. The van der Waals surface area contributed by atoms with E-state index in [4.69, 9.17) is 10.8 Å². The minimum atomic E-state index is -1.28. The molecule has 1 aromatic rings. The number of benzene rings is 1. The fourth-order valence-corrected chi connectivity index (χ4v) is 1.32. The molecule has 1 atom stereocenters. The van der Waals surface area contributed by atoms with E-state index in [9.17, 15) is 13.2 Å². The Labute approximate surface area is 91.9 Å². The molecule has 0 saturated heterocycles. The first kappa shape index (κ1) is 13.0. The minimum Gasteiger partial charge on any atom is -0.396 e. The molecule has 0 saturated carbocycles. The molecule has 16 heavy (non-hydrogen) atoms. The van der Waals surface area contributed by atoms with Crippen LogP contribution >= 0.6 is 0 Å². The molecule has 3 N–H and O–H groups in total. The highest BCUT2D eigenvalue weighted by atomic mass is 19.2. The lowest BCUT2D eigenvalue weighted by Crippen LogP contribution is -2.33. The van der Waals surface area contributed by atoms with Gasteiger partial charge in [-0.25, -0.2) is 13.2 Å². The summed E-state index contributed by atoms with van der Waals surface area (Å²) in [7, 11) is 0. The lowest BCUT2D eigenvalue weighted by atomic mass is 9.81. The molecule has 0 heterocycles. The highest BCUT2D eigenvalue weighted by Gasteiger charge is 2.30. The van der Waals surface area contributed by atoms with Crippen molar-refractivity contribution in [1.82, 2.24) is 0 Å². The van der Waals surface area contributed by atoms with Crippen molar-refractivity contribution < 1.29 is 18.3 Å². The Kier molecular flexibility index (Phi) is 3.60. The quantitative estimate of drug-likeness (QED) is 0.785. The summed E-state index contributed by atoms with van der Waals surface area (Å²) in [6.45, 7) is 2.85. The molecule has 0 aliphatic rings. The average molecular weight is 233 g/mol. The first-order valence-electron chi connectivity index (χ1n) is 4.80. The SMILES string of the molecule is CC(C)(CO)[C@@H](N)c1cc(F)cc(F)c1F. The molecule has 0 aromatic heterocycles. The van der Waals surface area contributed by atoms with E-state index in [1.807, 2.05) is 0 Å². The van der Waals surface area contributed by atoms with E-state index in [-0.39, 0.29) is 12.2 Å². The number of halogens is 3. The van der Waals surface area contributed by atoms with Crippen LogP contribution in [0.2, 0.25) is 0 Å². The molecule has 0 bridgehead atoms. The number of rotatable bonds is 3. The zero-order valence-corrected chi connectivity index (χ0v) is 9.10. The van der Waals surface area contributed by atoms with Crippen molar-refractivity contribution in [2.45, 2.75) is 19.9 Å². The van der Waals surface area contributed by atoms with Crippen LogP contribution in [0.3, 0.4) is 0 Å². The van der Waals surface area contributed by atoms with Crippen LogP contribution in [0.25, 0.3) is 0 Å². The van der Waals surface area contributed by atoms with E-state index >= 15 is 0 Å². The molecule has 0 radical (unpaired) electrons. The van der Waals surface area contributed by atoms with E-state index in [1.165, 1.54) is 0 Å². The van der Waals surface area contributed by atoms with Gasteiger partial charge in [-0.05, 0) is 6.07 Å². The topological polar surface area (TPSA) is 46.2 Å². The Morgan fingerprint density at radius 1 is 1.31 bits per heavy atom. The molecular formula is C11H14F3NO. The van der Waals surface area contributed by atoms with Gasteiger partial charge in [-0.2, -0.15) is 0 Å². The van der Waals surface area contributed by atoms with E-state index in [0.29, 0.717) is 6.07 Å². The molecule has 5 heteroatoms. The fourth-order valence-electron chi connectivity index (χ4n) is 1.32. The van der Waals surface area contributed by atoms with Gasteiger partial charge in [-0.1, -0.05) is 13.8 Å². The van der Waals surface area contributed by atoms with E-state index < -0.39 is 28.9 Å². The molecule has 0 amide bonds. The third-order valence-electron chi connectivity index (χ3n) is 2.61. The Morgan fingerprint density at radius 2 is 1.88 bits per heavy atom. The van der Waals surface area contributed by atoms with Gasteiger partial charge in [0, 0.05) is 29.7 Å². The minimum absolute atomic E-state index is 0.267. The van der Waals surface area contributed by atoms with E-state index in [1.54, 1.807) is 13.8 Å². The molecule has 90 valence electrons. The number of nitrogens with two attached hydrogens (primary N) is 1. The maximum Gasteiger partial charge on any atom is 0.163 e. The predicted molar refractivity (Wildman–Crippen MR) is 54.1 cm³/mol. The maximum absolute atomic E-state index is 13.4. The molecular weight excluding hydrogens is 219 g/mol. The van der Waals surface area contributed by atoms with E-state index in [0.717, 1.165) is 6.07 Å². The summed E-state index contributed by atoms with van der Waals surface area (Å²) >= 11 is 0. The lowest BCUT2D eigenvalue weighted by Gasteiger charge is -2.30.